The highest BCUT2D eigenvalue weighted by molar-refractivity contribution is 5.95. The van der Waals surface area contributed by atoms with E-state index in [1.807, 2.05) is 0 Å². The quantitative estimate of drug-likeness (QED) is 0.836. The van der Waals surface area contributed by atoms with Gasteiger partial charge in [0.05, 0.1) is 5.56 Å². The van der Waals surface area contributed by atoms with E-state index in [0.29, 0.717) is 17.9 Å². The number of carboxylic acid groups (broad SMARTS) is 1. The number of hydrogen-bond acceptors (Lipinski definition) is 3. The summed E-state index contributed by atoms with van der Waals surface area (Å²) in [6.07, 6.45) is 2.17. The molecule has 5 nitrogen and oxygen atoms in total. The van der Waals surface area contributed by atoms with E-state index >= 15 is 0 Å². The van der Waals surface area contributed by atoms with E-state index in [-0.39, 0.29) is 17.2 Å². The summed E-state index contributed by atoms with van der Waals surface area (Å²) in [7, 11) is 0. The first-order valence-corrected chi connectivity index (χ1v) is 5.50. The minimum absolute atomic E-state index is 0.0121. The zero-order chi connectivity index (χ0) is 12.6. The number of aromatic carboxylic acids is 1. The van der Waals surface area contributed by atoms with Crippen LogP contribution < -0.4 is 5.32 Å². The minimum Gasteiger partial charge on any atom is -0.478 e. The van der Waals surface area contributed by atoms with Crippen molar-refractivity contribution < 1.29 is 19.1 Å². The van der Waals surface area contributed by atoms with Crippen molar-refractivity contribution in [3.63, 3.8) is 0 Å². The number of carbonyl (C=O) groups is 2. The number of carbonyl (C=O) groups excluding carboxylic acids is 1. The van der Waals surface area contributed by atoms with Crippen LogP contribution in [0.15, 0.2) is 16.7 Å². The SMILES string of the molecule is CC1(C)CC1CNC(=O)c1cc(C(=O)O)co1. The maximum absolute atomic E-state index is 11.6. The van der Waals surface area contributed by atoms with Gasteiger partial charge in [-0.25, -0.2) is 4.79 Å². The van der Waals surface area contributed by atoms with Gasteiger partial charge >= 0.3 is 5.97 Å². The monoisotopic (exact) mass is 237 g/mol. The van der Waals surface area contributed by atoms with Crippen LogP contribution >= 0.6 is 0 Å². The second-order valence-electron chi connectivity index (χ2n) is 5.10. The van der Waals surface area contributed by atoms with Crippen molar-refractivity contribution in [1.29, 1.82) is 0 Å². The maximum Gasteiger partial charge on any atom is 0.338 e. The first kappa shape index (κ1) is 11.7. The fourth-order valence-corrected chi connectivity index (χ4v) is 1.80. The Hall–Kier alpha value is -1.78. The summed E-state index contributed by atoms with van der Waals surface area (Å²) in [5.41, 5.74) is 0.296. The molecule has 0 saturated heterocycles. The summed E-state index contributed by atoms with van der Waals surface area (Å²) in [6.45, 7) is 4.91. The van der Waals surface area contributed by atoms with E-state index in [1.165, 1.54) is 6.07 Å². The van der Waals surface area contributed by atoms with Crippen LogP contribution in [0, 0.1) is 11.3 Å². The van der Waals surface area contributed by atoms with Crippen LogP contribution in [0.3, 0.4) is 0 Å². The average molecular weight is 237 g/mol. The summed E-state index contributed by atoms with van der Waals surface area (Å²) in [5, 5.41) is 11.4. The molecule has 1 aromatic heterocycles. The number of carboxylic acids is 1. The Morgan fingerprint density at radius 2 is 2.24 bits per heavy atom. The lowest BCUT2D eigenvalue weighted by Gasteiger charge is -2.04. The third-order valence-corrected chi connectivity index (χ3v) is 3.30. The van der Waals surface area contributed by atoms with E-state index in [2.05, 4.69) is 19.2 Å². The molecule has 0 aliphatic heterocycles. The summed E-state index contributed by atoms with van der Waals surface area (Å²) in [6, 6.07) is 1.23. The number of furan rings is 1. The maximum atomic E-state index is 11.6. The Labute approximate surface area is 98.8 Å². The van der Waals surface area contributed by atoms with Gasteiger partial charge in [0.1, 0.15) is 6.26 Å². The fraction of sp³-hybridized carbons (Fsp3) is 0.500. The number of rotatable bonds is 4. The molecule has 17 heavy (non-hydrogen) atoms. The van der Waals surface area contributed by atoms with Gasteiger partial charge in [-0.3, -0.25) is 4.79 Å². The Morgan fingerprint density at radius 3 is 2.71 bits per heavy atom. The molecule has 1 aliphatic carbocycles. The van der Waals surface area contributed by atoms with Crippen LogP contribution in [0.25, 0.3) is 0 Å². The van der Waals surface area contributed by atoms with Crippen LogP contribution in [0.5, 0.6) is 0 Å². The van der Waals surface area contributed by atoms with Gasteiger partial charge in [-0.15, -0.1) is 0 Å². The summed E-state index contributed by atoms with van der Waals surface area (Å²) < 4.78 is 4.90. The largest absolute Gasteiger partial charge is 0.478 e. The Kier molecular flexibility index (Phi) is 2.69. The molecule has 1 unspecified atom stereocenters. The number of hydrogen-bond donors (Lipinski definition) is 2. The molecule has 1 heterocycles. The zero-order valence-electron chi connectivity index (χ0n) is 9.82. The summed E-state index contributed by atoms with van der Waals surface area (Å²) >= 11 is 0. The van der Waals surface area contributed by atoms with Crippen LogP contribution in [-0.4, -0.2) is 23.5 Å². The molecular formula is C12H15NO4. The van der Waals surface area contributed by atoms with Gasteiger partial charge in [-0.05, 0) is 17.8 Å². The van der Waals surface area contributed by atoms with E-state index in [9.17, 15) is 9.59 Å². The molecular weight excluding hydrogens is 222 g/mol. The van der Waals surface area contributed by atoms with Crippen molar-refractivity contribution >= 4 is 11.9 Å². The van der Waals surface area contributed by atoms with Gasteiger partial charge in [-0.2, -0.15) is 0 Å². The normalized spacial score (nSPS) is 20.9. The second-order valence-corrected chi connectivity index (χ2v) is 5.10. The van der Waals surface area contributed by atoms with Gasteiger partial charge < -0.3 is 14.8 Å². The van der Waals surface area contributed by atoms with E-state index < -0.39 is 5.97 Å². The molecule has 1 aliphatic rings. The molecule has 5 heteroatoms. The molecule has 1 atom stereocenters. The average Bonchev–Trinajstić information content (AvgIpc) is 2.68. The molecule has 92 valence electrons. The lowest BCUT2D eigenvalue weighted by molar-refractivity contribution is 0.0696. The number of nitrogens with one attached hydrogen (secondary N) is 1. The van der Waals surface area contributed by atoms with Gasteiger partial charge in [0.15, 0.2) is 5.76 Å². The van der Waals surface area contributed by atoms with Crippen molar-refractivity contribution in [2.24, 2.45) is 11.3 Å². The molecule has 2 N–H and O–H groups in total. The molecule has 0 bridgehead atoms. The molecule has 0 aromatic carbocycles. The second kappa shape index (κ2) is 3.91. The highest BCUT2D eigenvalue weighted by Crippen LogP contribution is 2.50. The van der Waals surface area contributed by atoms with Crippen LogP contribution in [0.4, 0.5) is 0 Å². The number of amides is 1. The van der Waals surface area contributed by atoms with E-state index in [1.54, 1.807) is 0 Å². The highest BCUT2D eigenvalue weighted by atomic mass is 16.4. The van der Waals surface area contributed by atoms with Gasteiger partial charge in [0, 0.05) is 12.6 Å². The van der Waals surface area contributed by atoms with Gasteiger partial charge in [0.25, 0.3) is 5.91 Å². The lowest BCUT2D eigenvalue weighted by atomic mass is 10.1. The lowest BCUT2D eigenvalue weighted by Crippen LogP contribution is -2.26. The van der Waals surface area contributed by atoms with Crippen molar-refractivity contribution in [3.8, 4) is 0 Å². The predicted octanol–water partition coefficient (Wildman–Crippen LogP) is 1.75. The third kappa shape index (κ3) is 2.49. The van der Waals surface area contributed by atoms with Crippen LogP contribution in [0.2, 0.25) is 0 Å². The molecule has 1 aromatic rings. The molecule has 1 fully saturated rings. The van der Waals surface area contributed by atoms with E-state index in [0.717, 1.165) is 12.7 Å². The van der Waals surface area contributed by atoms with Crippen molar-refractivity contribution in [1.82, 2.24) is 5.32 Å². The minimum atomic E-state index is -1.10. The fourth-order valence-electron chi connectivity index (χ4n) is 1.80. The molecule has 0 radical (unpaired) electrons. The highest BCUT2D eigenvalue weighted by Gasteiger charge is 2.45. The standard InChI is InChI=1S/C12H15NO4/c1-12(2)4-8(12)5-13-10(14)9-3-7(6-17-9)11(15)16/h3,6,8H,4-5H2,1-2H3,(H,13,14)(H,15,16). The van der Waals surface area contributed by atoms with Crippen molar-refractivity contribution in [3.05, 3.63) is 23.7 Å². The van der Waals surface area contributed by atoms with Crippen LogP contribution in [0.1, 0.15) is 41.2 Å². The van der Waals surface area contributed by atoms with Crippen LogP contribution in [-0.2, 0) is 0 Å². The van der Waals surface area contributed by atoms with Gasteiger partial charge in [-0.1, -0.05) is 13.8 Å². The molecule has 1 amide bonds. The van der Waals surface area contributed by atoms with E-state index in [4.69, 9.17) is 9.52 Å². The smallest absolute Gasteiger partial charge is 0.338 e. The van der Waals surface area contributed by atoms with Gasteiger partial charge in [0.2, 0.25) is 0 Å². The Balaban J connectivity index is 1.89. The zero-order valence-corrected chi connectivity index (χ0v) is 9.82. The Morgan fingerprint density at radius 1 is 1.59 bits per heavy atom. The topological polar surface area (TPSA) is 79.5 Å². The molecule has 1 saturated carbocycles. The van der Waals surface area contributed by atoms with Crippen molar-refractivity contribution in [2.75, 3.05) is 6.54 Å². The molecule has 0 spiro atoms. The Bertz CT molecular complexity index is 461. The molecule has 2 rings (SSSR count). The first-order valence-electron chi connectivity index (χ1n) is 5.50. The van der Waals surface area contributed by atoms with Crippen molar-refractivity contribution in [2.45, 2.75) is 20.3 Å². The third-order valence-electron chi connectivity index (χ3n) is 3.30. The predicted molar refractivity (Wildman–Crippen MR) is 59.9 cm³/mol. The first-order chi connectivity index (χ1) is 7.90. The summed E-state index contributed by atoms with van der Waals surface area (Å²) in [5.74, 6) is -0.919. The summed E-state index contributed by atoms with van der Waals surface area (Å²) in [4.78, 5) is 22.2.